The molecule has 0 heterocycles. The molecule has 0 radical (unpaired) electrons. The molecule has 0 aliphatic heterocycles. The van der Waals surface area contributed by atoms with Gasteiger partial charge in [-0.05, 0) is 25.7 Å². The fraction of sp³-hybridized carbons (Fsp3) is 0.375. The van der Waals surface area contributed by atoms with Gasteiger partial charge in [-0.2, -0.15) is 0 Å². The quantitative estimate of drug-likeness (QED) is 0.484. The van der Waals surface area contributed by atoms with Crippen LogP contribution < -0.4 is 0 Å². The highest BCUT2D eigenvalue weighted by Crippen LogP contribution is 2.55. The van der Waals surface area contributed by atoms with Crippen LogP contribution in [0.15, 0.2) is 50.6 Å². The minimum absolute atomic E-state index is 0.0143. The van der Waals surface area contributed by atoms with Crippen molar-refractivity contribution < 1.29 is 9.59 Å². The fourth-order valence-corrected chi connectivity index (χ4v) is 2.95. The van der Waals surface area contributed by atoms with Crippen molar-refractivity contribution in [2.24, 2.45) is 10.8 Å². The van der Waals surface area contributed by atoms with E-state index in [2.05, 4.69) is 26.3 Å². The van der Waals surface area contributed by atoms with Crippen LogP contribution in [0, 0.1) is 10.8 Å². The molecular weight excluding hydrogens is 224 g/mol. The van der Waals surface area contributed by atoms with Gasteiger partial charge in [0.2, 0.25) is 0 Å². The summed E-state index contributed by atoms with van der Waals surface area (Å²) < 4.78 is 0. The normalized spacial score (nSPS) is 19.8. The Kier molecular flexibility index (Phi) is 4.23. The maximum absolute atomic E-state index is 12.6. The Labute approximate surface area is 109 Å². The molecule has 1 aliphatic rings. The van der Waals surface area contributed by atoms with Crippen LogP contribution in [0.1, 0.15) is 25.7 Å². The number of hydrogen-bond donors (Lipinski definition) is 0. The first-order valence-corrected chi connectivity index (χ1v) is 6.09. The molecule has 0 N–H and O–H groups in total. The van der Waals surface area contributed by atoms with E-state index in [9.17, 15) is 9.59 Å². The minimum atomic E-state index is -0.935. The summed E-state index contributed by atoms with van der Waals surface area (Å²) in [5, 5.41) is 0. The van der Waals surface area contributed by atoms with Crippen LogP contribution >= 0.6 is 0 Å². The maximum Gasteiger partial charge on any atom is 0.161 e. The summed E-state index contributed by atoms with van der Waals surface area (Å²) in [4.78, 5) is 25.1. The molecule has 18 heavy (non-hydrogen) atoms. The number of carbonyl (C=O) groups is 2. The second kappa shape index (κ2) is 5.30. The third-order valence-corrected chi connectivity index (χ3v) is 3.71. The molecule has 0 aromatic heterocycles. The second-order valence-electron chi connectivity index (χ2n) is 4.79. The lowest BCUT2D eigenvalue weighted by molar-refractivity contribution is -0.170. The van der Waals surface area contributed by atoms with Gasteiger partial charge in [0.15, 0.2) is 11.6 Å². The summed E-state index contributed by atoms with van der Waals surface area (Å²) in [6.07, 6.45) is 8.05. The van der Waals surface area contributed by atoms with Gasteiger partial charge in [0.1, 0.15) is 0 Å². The molecule has 0 bridgehead atoms. The molecule has 0 spiro atoms. The van der Waals surface area contributed by atoms with Crippen LogP contribution in [0.5, 0.6) is 0 Å². The standard InChI is InChI=1S/C16H20O2/c1-5-9-15(10-6-2)13(17)16(11-7-3,12-8-4)14(15)18/h5-8H,1-4,9-12H2. The molecule has 0 saturated heterocycles. The predicted molar refractivity (Wildman–Crippen MR) is 74.1 cm³/mol. The fourth-order valence-electron chi connectivity index (χ4n) is 2.95. The zero-order chi connectivity index (χ0) is 13.8. The molecule has 1 saturated carbocycles. The Morgan fingerprint density at radius 1 is 0.667 bits per heavy atom. The number of hydrogen-bond acceptors (Lipinski definition) is 2. The van der Waals surface area contributed by atoms with E-state index in [0.29, 0.717) is 25.7 Å². The molecule has 0 atom stereocenters. The van der Waals surface area contributed by atoms with Gasteiger partial charge >= 0.3 is 0 Å². The number of allylic oxidation sites excluding steroid dienone is 4. The van der Waals surface area contributed by atoms with Crippen LogP contribution in [0.4, 0.5) is 0 Å². The van der Waals surface area contributed by atoms with Gasteiger partial charge in [-0.1, -0.05) is 24.3 Å². The summed E-state index contributed by atoms with van der Waals surface area (Å²) in [7, 11) is 0. The highest BCUT2D eigenvalue weighted by atomic mass is 16.2. The van der Waals surface area contributed by atoms with Crippen LogP contribution in [0.25, 0.3) is 0 Å². The molecule has 1 fully saturated rings. The van der Waals surface area contributed by atoms with Gasteiger partial charge < -0.3 is 0 Å². The first kappa shape index (κ1) is 14.4. The van der Waals surface area contributed by atoms with Crippen LogP contribution in [0.2, 0.25) is 0 Å². The van der Waals surface area contributed by atoms with Gasteiger partial charge in [0, 0.05) is 0 Å². The van der Waals surface area contributed by atoms with Crippen LogP contribution in [-0.2, 0) is 9.59 Å². The third kappa shape index (κ3) is 1.72. The molecule has 2 nitrogen and oxygen atoms in total. The lowest BCUT2D eigenvalue weighted by atomic mass is 9.46. The highest BCUT2D eigenvalue weighted by Gasteiger charge is 2.68. The molecular formula is C16H20O2. The topological polar surface area (TPSA) is 34.1 Å². The van der Waals surface area contributed by atoms with E-state index in [4.69, 9.17) is 0 Å². The molecule has 0 amide bonds. The highest BCUT2D eigenvalue weighted by molar-refractivity contribution is 6.31. The Balaban J connectivity index is 3.16. The molecule has 0 aromatic rings. The van der Waals surface area contributed by atoms with E-state index in [-0.39, 0.29) is 11.6 Å². The Bertz CT molecular complexity index is 339. The van der Waals surface area contributed by atoms with Crippen molar-refractivity contribution in [3.63, 3.8) is 0 Å². The first-order chi connectivity index (χ1) is 8.55. The van der Waals surface area contributed by atoms with Crippen LogP contribution in [-0.4, -0.2) is 11.6 Å². The molecule has 2 heteroatoms. The number of carbonyl (C=O) groups excluding carboxylic acids is 2. The molecule has 96 valence electrons. The van der Waals surface area contributed by atoms with Crippen molar-refractivity contribution in [2.45, 2.75) is 25.7 Å². The predicted octanol–water partition coefficient (Wildman–Crippen LogP) is 3.42. The molecule has 0 aromatic carbocycles. The van der Waals surface area contributed by atoms with Crippen LogP contribution in [0.3, 0.4) is 0 Å². The average molecular weight is 244 g/mol. The van der Waals surface area contributed by atoms with Gasteiger partial charge in [-0.15, -0.1) is 26.3 Å². The maximum atomic E-state index is 12.6. The zero-order valence-corrected chi connectivity index (χ0v) is 10.8. The third-order valence-electron chi connectivity index (χ3n) is 3.71. The minimum Gasteiger partial charge on any atom is -0.297 e. The molecule has 1 rings (SSSR count). The van der Waals surface area contributed by atoms with Crippen molar-refractivity contribution in [1.82, 2.24) is 0 Å². The molecule has 1 aliphatic carbocycles. The Morgan fingerprint density at radius 2 is 0.889 bits per heavy atom. The van der Waals surface area contributed by atoms with Gasteiger partial charge in [0.25, 0.3) is 0 Å². The summed E-state index contributed by atoms with van der Waals surface area (Å²) >= 11 is 0. The molecule has 0 unspecified atom stereocenters. The number of ketones is 2. The van der Waals surface area contributed by atoms with E-state index < -0.39 is 10.8 Å². The first-order valence-electron chi connectivity index (χ1n) is 6.09. The largest absolute Gasteiger partial charge is 0.297 e. The van der Waals surface area contributed by atoms with E-state index in [1.807, 2.05) is 0 Å². The van der Waals surface area contributed by atoms with E-state index >= 15 is 0 Å². The SMILES string of the molecule is C=CCC1(CC=C)C(=O)C(CC=C)(CC=C)C1=O. The van der Waals surface area contributed by atoms with Crippen molar-refractivity contribution in [1.29, 1.82) is 0 Å². The van der Waals surface area contributed by atoms with Gasteiger partial charge in [0.05, 0.1) is 10.8 Å². The number of rotatable bonds is 8. The second-order valence-corrected chi connectivity index (χ2v) is 4.79. The zero-order valence-electron chi connectivity index (χ0n) is 10.8. The van der Waals surface area contributed by atoms with Crippen molar-refractivity contribution in [2.75, 3.05) is 0 Å². The average Bonchev–Trinajstić information content (AvgIpc) is 2.36. The van der Waals surface area contributed by atoms with E-state index in [1.165, 1.54) is 0 Å². The van der Waals surface area contributed by atoms with Gasteiger partial charge in [-0.25, -0.2) is 0 Å². The summed E-state index contributed by atoms with van der Waals surface area (Å²) in [5.41, 5.74) is -1.87. The van der Waals surface area contributed by atoms with E-state index in [0.717, 1.165) is 0 Å². The van der Waals surface area contributed by atoms with E-state index in [1.54, 1.807) is 24.3 Å². The van der Waals surface area contributed by atoms with Gasteiger partial charge in [-0.3, -0.25) is 9.59 Å². The lowest BCUT2D eigenvalue weighted by Gasteiger charge is -2.51. The van der Waals surface area contributed by atoms with Crippen molar-refractivity contribution in [3.8, 4) is 0 Å². The summed E-state index contributed by atoms with van der Waals surface area (Å²) in [6.45, 7) is 14.6. The summed E-state index contributed by atoms with van der Waals surface area (Å²) in [6, 6.07) is 0. The number of Topliss-reactive ketones (excluding diaryl/α,β-unsaturated/α-hetero) is 2. The van der Waals surface area contributed by atoms with Crippen molar-refractivity contribution in [3.05, 3.63) is 50.6 Å². The Hall–Kier alpha value is -1.70. The lowest BCUT2D eigenvalue weighted by Crippen LogP contribution is -2.66. The monoisotopic (exact) mass is 244 g/mol. The smallest absolute Gasteiger partial charge is 0.161 e. The summed E-state index contributed by atoms with van der Waals surface area (Å²) in [5.74, 6) is -0.0285. The Morgan fingerprint density at radius 3 is 1.06 bits per heavy atom. The van der Waals surface area contributed by atoms with Crippen molar-refractivity contribution >= 4 is 11.6 Å².